The van der Waals surface area contributed by atoms with Crippen LogP contribution in [0.5, 0.6) is 0 Å². The maximum atomic E-state index is 9.33. The molecule has 2 rings (SSSR count). The van der Waals surface area contributed by atoms with Gasteiger partial charge in [0.15, 0.2) is 0 Å². The van der Waals surface area contributed by atoms with E-state index in [2.05, 4.69) is 52.0 Å². The summed E-state index contributed by atoms with van der Waals surface area (Å²) in [5.41, 5.74) is 9.38. The van der Waals surface area contributed by atoms with E-state index >= 15 is 0 Å². The smallest absolute Gasteiger partial charge is 0.123 e. The standard InChI is InChI=1S/C16H22N2O/c1-11-7-12(15(2,3)4)5-6-13(11)14(18)16(8-17)9-19-10-16/h5-7,14H,9-10,18H2,1-4H3. The van der Waals surface area contributed by atoms with Crippen LogP contribution in [0.1, 0.15) is 43.5 Å². The van der Waals surface area contributed by atoms with Crippen molar-refractivity contribution in [3.8, 4) is 6.07 Å². The van der Waals surface area contributed by atoms with Gasteiger partial charge in [0.1, 0.15) is 5.41 Å². The molecule has 0 saturated carbocycles. The summed E-state index contributed by atoms with van der Waals surface area (Å²) < 4.78 is 5.19. The molecule has 1 aliphatic rings. The third-order valence-electron chi connectivity index (χ3n) is 4.01. The fourth-order valence-electron chi connectivity index (χ4n) is 2.42. The van der Waals surface area contributed by atoms with Gasteiger partial charge >= 0.3 is 0 Å². The Labute approximate surface area is 115 Å². The van der Waals surface area contributed by atoms with Crippen molar-refractivity contribution in [2.75, 3.05) is 13.2 Å². The minimum Gasteiger partial charge on any atom is -0.378 e. The Hall–Kier alpha value is -1.37. The zero-order valence-electron chi connectivity index (χ0n) is 12.2. The van der Waals surface area contributed by atoms with Crippen molar-refractivity contribution in [1.82, 2.24) is 0 Å². The summed E-state index contributed by atoms with van der Waals surface area (Å²) in [6, 6.07) is 8.42. The van der Waals surface area contributed by atoms with Gasteiger partial charge in [-0.1, -0.05) is 39.0 Å². The summed E-state index contributed by atoms with van der Waals surface area (Å²) in [5, 5.41) is 9.33. The summed E-state index contributed by atoms with van der Waals surface area (Å²) in [6.45, 7) is 9.51. The van der Waals surface area contributed by atoms with Gasteiger partial charge in [-0.2, -0.15) is 5.26 Å². The number of nitrogens with zero attached hydrogens (tertiary/aromatic N) is 1. The van der Waals surface area contributed by atoms with Gasteiger partial charge in [-0.3, -0.25) is 0 Å². The summed E-state index contributed by atoms with van der Waals surface area (Å²) >= 11 is 0. The van der Waals surface area contributed by atoms with E-state index in [0.29, 0.717) is 13.2 Å². The molecule has 0 spiro atoms. The molecule has 0 amide bonds. The molecule has 1 fully saturated rings. The number of nitrogens with two attached hydrogens (primary N) is 1. The van der Waals surface area contributed by atoms with Gasteiger partial charge in [-0.15, -0.1) is 0 Å². The predicted octanol–water partition coefficient (Wildman–Crippen LogP) is 2.83. The van der Waals surface area contributed by atoms with Crippen molar-refractivity contribution in [2.24, 2.45) is 11.1 Å². The molecule has 0 radical (unpaired) electrons. The molecule has 102 valence electrons. The van der Waals surface area contributed by atoms with Gasteiger partial charge in [-0.05, 0) is 29.0 Å². The van der Waals surface area contributed by atoms with Gasteiger partial charge in [0, 0.05) is 0 Å². The van der Waals surface area contributed by atoms with Crippen molar-refractivity contribution in [2.45, 2.75) is 39.2 Å². The van der Waals surface area contributed by atoms with Crippen LogP contribution in [0.25, 0.3) is 0 Å². The summed E-state index contributed by atoms with van der Waals surface area (Å²) in [6.07, 6.45) is 0. The zero-order chi connectivity index (χ0) is 14.3. The number of benzene rings is 1. The van der Waals surface area contributed by atoms with Crippen LogP contribution in [0.2, 0.25) is 0 Å². The first kappa shape index (κ1) is 14.0. The van der Waals surface area contributed by atoms with Crippen LogP contribution in [0.3, 0.4) is 0 Å². The Morgan fingerprint density at radius 2 is 2.00 bits per heavy atom. The lowest BCUT2D eigenvalue weighted by molar-refractivity contribution is -0.0911. The highest BCUT2D eigenvalue weighted by Gasteiger charge is 2.45. The minimum absolute atomic E-state index is 0.125. The molecular formula is C16H22N2O. The Bertz CT molecular complexity index is 519. The molecule has 19 heavy (non-hydrogen) atoms. The Morgan fingerprint density at radius 3 is 2.37 bits per heavy atom. The molecule has 1 atom stereocenters. The highest BCUT2D eigenvalue weighted by atomic mass is 16.5. The van der Waals surface area contributed by atoms with Crippen molar-refractivity contribution < 1.29 is 4.74 Å². The molecule has 0 bridgehead atoms. The molecule has 1 aromatic rings. The van der Waals surface area contributed by atoms with Crippen LogP contribution in [-0.4, -0.2) is 13.2 Å². The molecule has 1 heterocycles. The van der Waals surface area contributed by atoms with Crippen LogP contribution < -0.4 is 5.73 Å². The topological polar surface area (TPSA) is 59.0 Å². The Balaban J connectivity index is 2.34. The normalized spacial score (nSPS) is 19.4. The Morgan fingerprint density at radius 1 is 1.37 bits per heavy atom. The van der Waals surface area contributed by atoms with Crippen molar-refractivity contribution in [3.05, 3.63) is 34.9 Å². The van der Waals surface area contributed by atoms with E-state index < -0.39 is 5.41 Å². The molecule has 1 aromatic carbocycles. The second kappa shape index (κ2) is 4.63. The fourth-order valence-corrected chi connectivity index (χ4v) is 2.42. The fraction of sp³-hybridized carbons (Fsp3) is 0.562. The average molecular weight is 258 g/mol. The summed E-state index contributed by atoms with van der Waals surface area (Å²) in [4.78, 5) is 0. The maximum Gasteiger partial charge on any atom is 0.123 e. The molecule has 1 unspecified atom stereocenters. The van der Waals surface area contributed by atoms with E-state index in [-0.39, 0.29) is 11.5 Å². The molecule has 0 aliphatic carbocycles. The largest absolute Gasteiger partial charge is 0.378 e. The van der Waals surface area contributed by atoms with Gasteiger partial charge in [0.2, 0.25) is 0 Å². The monoisotopic (exact) mass is 258 g/mol. The Kier molecular flexibility index (Phi) is 3.42. The molecular weight excluding hydrogens is 236 g/mol. The average Bonchev–Trinajstić information content (AvgIpc) is 2.26. The number of rotatable bonds is 2. The zero-order valence-corrected chi connectivity index (χ0v) is 12.2. The second-order valence-electron chi connectivity index (χ2n) is 6.56. The molecule has 1 aliphatic heterocycles. The van der Waals surface area contributed by atoms with Gasteiger partial charge in [0.25, 0.3) is 0 Å². The lowest BCUT2D eigenvalue weighted by Gasteiger charge is -2.40. The molecule has 3 heteroatoms. The third-order valence-corrected chi connectivity index (χ3v) is 4.01. The molecule has 3 nitrogen and oxygen atoms in total. The molecule has 0 aromatic heterocycles. The molecule has 2 N–H and O–H groups in total. The first-order chi connectivity index (χ1) is 8.80. The first-order valence-corrected chi connectivity index (χ1v) is 6.66. The van der Waals surface area contributed by atoms with E-state index in [0.717, 1.165) is 11.1 Å². The lowest BCUT2D eigenvalue weighted by Crippen LogP contribution is -2.49. The van der Waals surface area contributed by atoms with E-state index in [1.165, 1.54) is 5.56 Å². The van der Waals surface area contributed by atoms with Crippen molar-refractivity contribution in [3.63, 3.8) is 0 Å². The predicted molar refractivity (Wildman–Crippen MR) is 75.7 cm³/mol. The van der Waals surface area contributed by atoms with Crippen LogP contribution in [0, 0.1) is 23.7 Å². The lowest BCUT2D eigenvalue weighted by atomic mass is 9.75. The van der Waals surface area contributed by atoms with E-state index in [1.54, 1.807) is 0 Å². The maximum absolute atomic E-state index is 9.33. The number of hydrogen-bond acceptors (Lipinski definition) is 3. The van der Waals surface area contributed by atoms with Crippen LogP contribution in [0.15, 0.2) is 18.2 Å². The first-order valence-electron chi connectivity index (χ1n) is 6.66. The molecule has 1 saturated heterocycles. The van der Waals surface area contributed by atoms with Gasteiger partial charge < -0.3 is 10.5 Å². The number of aryl methyl sites for hydroxylation is 1. The minimum atomic E-state index is -0.548. The third kappa shape index (κ3) is 2.39. The van der Waals surface area contributed by atoms with Gasteiger partial charge in [-0.25, -0.2) is 0 Å². The van der Waals surface area contributed by atoms with Crippen LogP contribution in [-0.2, 0) is 10.2 Å². The second-order valence-corrected chi connectivity index (χ2v) is 6.56. The van der Waals surface area contributed by atoms with Gasteiger partial charge in [0.05, 0.1) is 25.3 Å². The quantitative estimate of drug-likeness (QED) is 0.887. The number of ether oxygens (including phenoxy) is 1. The van der Waals surface area contributed by atoms with E-state index in [4.69, 9.17) is 10.5 Å². The highest BCUT2D eigenvalue weighted by Crippen LogP contribution is 2.40. The number of hydrogen-bond donors (Lipinski definition) is 1. The van der Waals surface area contributed by atoms with E-state index in [9.17, 15) is 5.26 Å². The van der Waals surface area contributed by atoms with Crippen LogP contribution in [0.4, 0.5) is 0 Å². The SMILES string of the molecule is Cc1cc(C(C)(C)C)ccc1C(N)C1(C#N)COC1. The van der Waals surface area contributed by atoms with Crippen molar-refractivity contribution in [1.29, 1.82) is 5.26 Å². The number of nitriles is 1. The van der Waals surface area contributed by atoms with Crippen molar-refractivity contribution >= 4 is 0 Å². The summed E-state index contributed by atoms with van der Waals surface area (Å²) in [7, 11) is 0. The van der Waals surface area contributed by atoms with E-state index in [1.807, 2.05) is 0 Å². The van der Waals surface area contributed by atoms with Crippen LogP contribution >= 0.6 is 0 Å². The summed E-state index contributed by atoms with van der Waals surface area (Å²) in [5.74, 6) is 0. The highest BCUT2D eigenvalue weighted by molar-refractivity contribution is 5.38.